The first-order valence-corrected chi connectivity index (χ1v) is 13.3. The van der Waals surface area contributed by atoms with E-state index in [1.165, 1.54) is 31.1 Å². The summed E-state index contributed by atoms with van der Waals surface area (Å²) in [5.41, 5.74) is 1.21. The number of nitrogens with zero attached hydrogens (tertiary/aromatic N) is 2. The maximum Gasteiger partial charge on any atom is 0.337 e. The Morgan fingerprint density at radius 2 is 1.86 bits per heavy atom. The Balaban J connectivity index is 1.49. The van der Waals surface area contributed by atoms with Crippen LogP contribution in [0.5, 0.6) is 0 Å². The number of benzene rings is 2. The Labute approximate surface area is 214 Å². The topological polar surface area (TPSA) is 115 Å². The molecule has 1 fully saturated rings. The van der Waals surface area contributed by atoms with E-state index in [0.717, 1.165) is 0 Å². The van der Waals surface area contributed by atoms with Gasteiger partial charge in [-0.2, -0.15) is 0 Å². The number of likely N-dealkylation sites (tertiary alicyclic amines) is 1. The number of aromatic nitrogens is 1. The molecule has 0 saturated carbocycles. The summed E-state index contributed by atoms with van der Waals surface area (Å²) in [6.45, 7) is 1.22. The molecule has 37 heavy (non-hydrogen) atoms. The first-order chi connectivity index (χ1) is 17.6. The van der Waals surface area contributed by atoms with Gasteiger partial charge in [0, 0.05) is 41.7 Å². The number of rotatable bonds is 9. The van der Waals surface area contributed by atoms with Crippen LogP contribution in [0.15, 0.2) is 59.6 Å². The Bertz CT molecular complexity index is 1440. The lowest BCUT2D eigenvalue weighted by molar-refractivity contribution is -0.132. The average Bonchev–Trinajstić information content (AvgIpc) is 3.43. The van der Waals surface area contributed by atoms with Crippen molar-refractivity contribution in [3.05, 3.63) is 65.9 Å². The summed E-state index contributed by atoms with van der Waals surface area (Å²) in [5.74, 6) is -1.12. The molecule has 3 aromatic rings. The number of amides is 1. The normalized spacial score (nSPS) is 17.8. The Kier molecular flexibility index (Phi) is 7.74. The summed E-state index contributed by atoms with van der Waals surface area (Å²) < 4.78 is 48.2. The van der Waals surface area contributed by atoms with Crippen molar-refractivity contribution in [1.29, 1.82) is 0 Å². The van der Waals surface area contributed by atoms with Gasteiger partial charge in [0.05, 0.1) is 24.1 Å². The number of ether oxygens (including phenoxy) is 1. The van der Waals surface area contributed by atoms with Crippen LogP contribution in [0.25, 0.3) is 10.9 Å². The second-order valence-corrected chi connectivity index (χ2v) is 10.7. The third-order valence-electron chi connectivity index (χ3n) is 6.49. The number of halogens is 1. The van der Waals surface area contributed by atoms with Crippen LogP contribution in [0, 0.1) is 0 Å². The molecule has 1 aliphatic heterocycles. The zero-order chi connectivity index (χ0) is 26.7. The lowest BCUT2D eigenvalue weighted by Gasteiger charge is -2.25. The van der Waals surface area contributed by atoms with Gasteiger partial charge >= 0.3 is 5.97 Å². The van der Waals surface area contributed by atoms with E-state index in [9.17, 15) is 27.2 Å². The molecular formula is C26H28FN3O6S. The maximum atomic E-state index is 14.3. The Morgan fingerprint density at radius 3 is 2.54 bits per heavy atom. The standard InChI is InChI=1S/C26H28FN3O6S/c1-17(31)23-15-29(24-9-8-18(12-22(23)24)26(33)36-2)16-25(32)30-14-19(27)13-20(30)10-11-28-37(34,35)21-6-4-3-5-7-21/h3-9,12,15,19-20,28H,10-11,13-14,16H2,1-2H3/t19-,20-/m1/s1. The molecule has 0 unspecified atom stereocenters. The van der Waals surface area contributed by atoms with Crippen LogP contribution in [-0.2, 0) is 26.1 Å². The van der Waals surface area contributed by atoms with Crippen molar-refractivity contribution in [2.75, 3.05) is 20.2 Å². The summed E-state index contributed by atoms with van der Waals surface area (Å²) in [5, 5.41) is 0.514. The van der Waals surface area contributed by atoms with Gasteiger partial charge in [-0.05, 0) is 43.7 Å². The fourth-order valence-corrected chi connectivity index (χ4v) is 5.74. The van der Waals surface area contributed by atoms with E-state index in [0.29, 0.717) is 16.5 Å². The van der Waals surface area contributed by atoms with Gasteiger partial charge in [0.1, 0.15) is 12.7 Å². The van der Waals surface area contributed by atoms with E-state index >= 15 is 0 Å². The largest absolute Gasteiger partial charge is 0.465 e. The van der Waals surface area contributed by atoms with Crippen molar-refractivity contribution < 1.29 is 31.9 Å². The second-order valence-electron chi connectivity index (χ2n) is 8.98. The van der Waals surface area contributed by atoms with Gasteiger partial charge in [0.15, 0.2) is 5.78 Å². The lowest BCUT2D eigenvalue weighted by atomic mass is 10.1. The number of esters is 1. The van der Waals surface area contributed by atoms with Crippen molar-refractivity contribution in [1.82, 2.24) is 14.2 Å². The molecule has 11 heteroatoms. The molecule has 0 aliphatic carbocycles. The van der Waals surface area contributed by atoms with Gasteiger partial charge in [0.25, 0.3) is 0 Å². The minimum Gasteiger partial charge on any atom is -0.465 e. The molecule has 4 rings (SSSR count). The highest BCUT2D eigenvalue weighted by molar-refractivity contribution is 7.89. The van der Waals surface area contributed by atoms with Crippen LogP contribution in [0.3, 0.4) is 0 Å². The molecule has 1 aromatic heterocycles. The van der Waals surface area contributed by atoms with E-state index in [1.807, 2.05) is 0 Å². The molecule has 2 aromatic carbocycles. The smallest absolute Gasteiger partial charge is 0.337 e. The molecule has 2 heterocycles. The van der Waals surface area contributed by atoms with Crippen LogP contribution in [0.2, 0.25) is 0 Å². The summed E-state index contributed by atoms with van der Waals surface area (Å²) >= 11 is 0. The van der Waals surface area contributed by atoms with Gasteiger partial charge in [0.2, 0.25) is 15.9 Å². The summed E-state index contributed by atoms with van der Waals surface area (Å²) in [7, 11) is -2.45. The van der Waals surface area contributed by atoms with E-state index in [2.05, 4.69) is 4.72 Å². The Morgan fingerprint density at radius 1 is 1.14 bits per heavy atom. The molecule has 0 spiro atoms. The van der Waals surface area contributed by atoms with Gasteiger partial charge in [-0.1, -0.05) is 18.2 Å². The number of carbonyl (C=O) groups is 3. The quantitative estimate of drug-likeness (QED) is 0.337. The minimum atomic E-state index is -3.71. The fourth-order valence-electron chi connectivity index (χ4n) is 4.67. The van der Waals surface area contributed by atoms with Crippen LogP contribution < -0.4 is 4.72 Å². The molecule has 2 atom stereocenters. The fraction of sp³-hybridized carbons (Fsp3) is 0.346. The zero-order valence-corrected chi connectivity index (χ0v) is 21.3. The number of sulfonamides is 1. The van der Waals surface area contributed by atoms with Gasteiger partial charge in [-0.15, -0.1) is 0 Å². The maximum absolute atomic E-state index is 14.3. The zero-order valence-electron chi connectivity index (χ0n) is 20.5. The molecule has 196 valence electrons. The van der Waals surface area contributed by atoms with Crippen molar-refractivity contribution >= 4 is 38.6 Å². The van der Waals surface area contributed by atoms with Gasteiger partial charge < -0.3 is 14.2 Å². The molecule has 1 aliphatic rings. The van der Waals surface area contributed by atoms with E-state index in [-0.39, 0.29) is 54.6 Å². The third-order valence-corrected chi connectivity index (χ3v) is 7.97. The predicted octanol–water partition coefficient (Wildman–Crippen LogP) is 2.94. The van der Waals surface area contributed by atoms with E-state index in [4.69, 9.17) is 4.74 Å². The van der Waals surface area contributed by atoms with Gasteiger partial charge in [-0.25, -0.2) is 22.3 Å². The second kappa shape index (κ2) is 10.8. The molecule has 9 nitrogen and oxygen atoms in total. The van der Waals surface area contributed by atoms with Crippen molar-refractivity contribution in [3.8, 4) is 0 Å². The highest BCUT2D eigenvalue weighted by Crippen LogP contribution is 2.27. The number of Topliss-reactive ketones (excluding diaryl/α,β-unsaturated/α-hetero) is 1. The molecule has 0 bridgehead atoms. The molecule has 1 saturated heterocycles. The molecular weight excluding hydrogens is 501 g/mol. The first-order valence-electron chi connectivity index (χ1n) is 11.8. The number of fused-ring (bicyclic) bond motifs is 1. The lowest BCUT2D eigenvalue weighted by Crippen LogP contribution is -2.40. The van der Waals surface area contributed by atoms with Crippen LogP contribution in [-0.4, -0.2) is 68.0 Å². The van der Waals surface area contributed by atoms with Crippen LogP contribution >= 0.6 is 0 Å². The molecule has 1 amide bonds. The van der Waals surface area contributed by atoms with Crippen molar-refractivity contribution in [2.24, 2.45) is 0 Å². The van der Waals surface area contributed by atoms with Gasteiger partial charge in [-0.3, -0.25) is 9.59 Å². The number of hydrogen-bond donors (Lipinski definition) is 1. The predicted molar refractivity (Wildman–Crippen MR) is 135 cm³/mol. The summed E-state index contributed by atoms with van der Waals surface area (Å²) in [6.07, 6.45) is 0.715. The van der Waals surface area contributed by atoms with E-state index < -0.39 is 28.2 Å². The van der Waals surface area contributed by atoms with E-state index in [1.54, 1.807) is 47.2 Å². The van der Waals surface area contributed by atoms with Crippen molar-refractivity contribution in [3.63, 3.8) is 0 Å². The highest BCUT2D eigenvalue weighted by Gasteiger charge is 2.35. The monoisotopic (exact) mass is 529 g/mol. The first kappa shape index (κ1) is 26.5. The summed E-state index contributed by atoms with van der Waals surface area (Å²) in [4.78, 5) is 39.0. The number of carbonyl (C=O) groups excluding carboxylic acids is 3. The SMILES string of the molecule is COC(=O)c1ccc2c(c1)c(C(C)=O)cn2CC(=O)N1C[C@H](F)C[C@H]1CCNS(=O)(=O)c1ccccc1. The van der Waals surface area contributed by atoms with Crippen LogP contribution in [0.4, 0.5) is 4.39 Å². The minimum absolute atomic E-state index is 0.0512. The Hall–Kier alpha value is -3.57. The number of hydrogen-bond acceptors (Lipinski definition) is 6. The highest BCUT2D eigenvalue weighted by atomic mass is 32.2. The molecule has 1 N–H and O–H groups in total. The number of methoxy groups -OCH3 is 1. The van der Waals surface area contributed by atoms with Crippen molar-refractivity contribution in [2.45, 2.75) is 43.4 Å². The number of ketones is 1. The number of alkyl halides is 1. The summed E-state index contributed by atoms with van der Waals surface area (Å²) in [6, 6.07) is 12.2. The third kappa shape index (κ3) is 5.72. The van der Waals surface area contributed by atoms with Crippen LogP contribution in [0.1, 0.15) is 40.5 Å². The average molecular weight is 530 g/mol. The number of nitrogens with one attached hydrogen (secondary N) is 1. The molecule has 0 radical (unpaired) electrons.